The Balaban J connectivity index is 1.41. The molecule has 1 aliphatic heterocycles. The van der Waals surface area contributed by atoms with Crippen molar-refractivity contribution in [3.8, 4) is 0 Å². The lowest BCUT2D eigenvalue weighted by Gasteiger charge is -2.34. The number of aryl methyl sites for hydroxylation is 1. The smallest absolute Gasteiger partial charge is 0.236 e. The van der Waals surface area contributed by atoms with Gasteiger partial charge in [-0.25, -0.2) is 0 Å². The summed E-state index contributed by atoms with van der Waals surface area (Å²) in [4.78, 5) is 20.3. The third-order valence-corrected chi connectivity index (χ3v) is 5.26. The number of carbonyl (C=O) groups is 1. The summed E-state index contributed by atoms with van der Waals surface area (Å²) >= 11 is 1.81. The molecule has 0 saturated carbocycles. The van der Waals surface area contributed by atoms with E-state index in [1.165, 1.54) is 4.88 Å². The molecule has 6 heteroatoms. The first-order valence-electron chi connectivity index (χ1n) is 8.36. The van der Waals surface area contributed by atoms with Gasteiger partial charge in [-0.3, -0.25) is 14.6 Å². The first-order valence-corrected chi connectivity index (χ1v) is 9.24. The van der Waals surface area contributed by atoms with Crippen LogP contribution in [0.15, 0.2) is 34.1 Å². The summed E-state index contributed by atoms with van der Waals surface area (Å²) in [7, 11) is 1.84. The summed E-state index contributed by atoms with van der Waals surface area (Å²) in [5, 5.41) is 2.13. The van der Waals surface area contributed by atoms with Gasteiger partial charge in [0.25, 0.3) is 0 Å². The lowest BCUT2D eigenvalue weighted by molar-refractivity contribution is -0.132. The second-order valence-corrected chi connectivity index (χ2v) is 7.43. The lowest BCUT2D eigenvalue weighted by Crippen LogP contribution is -2.49. The van der Waals surface area contributed by atoms with E-state index >= 15 is 0 Å². The van der Waals surface area contributed by atoms with Crippen LogP contribution >= 0.6 is 11.3 Å². The number of piperazine rings is 1. The molecule has 0 bridgehead atoms. The third kappa shape index (κ3) is 4.69. The van der Waals surface area contributed by atoms with Crippen molar-refractivity contribution in [2.45, 2.75) is 20.0 Å². The minimum absolute atomic E-state index is 0.149. The van der Waals surface area contributed by atoms with Crippen LogP contribution in [0.3, 0.4) is 0 Å². The van der Waals surface area contributed by atoms with E-state index < -0.39 is 0 Å². The zero-order valence-corrected chi connectivity index (χ0v) is 15.2. The number of hydrogen-bond donors (Lipinski definition) is 0. The van der Waals surface area contributed by atoms with Crippen LogP contribution in [0.25, 0.3) is 0 Å². The standard InChI is InChI=1S/C18H25N3O2S/c1-15-5-6-16(23-15)12-19(2)18(22)14-21-9-7-20(8-10-21)13-17-4-3-11-24-17/h3-6,11H,7-10,12-14H2,1-2H3. The monoisotopic (exact) mass is 347 g/mol. The van der Waals surface area contributed by atoms with Gasteiger partial charge in [-0.1, -0.05) is 6.07 Å². The summed E-state index contributed by atoms with van der Waals surface area (Å²) in [6.07, 6.45) is 0. The van der Waals surface area contributed by atoms with Crippen LogP contribution in [0.1, 0.15) is 16.4 Å². The maximum atomic E-state index is 12.4. The number of likely N-dealkylation sites (N-methyl/N-ethyl adjacent to an activating group) is 1. The Morgan fingerprint density at radius 1 is 1.21 bits per heavy atom. The number of rotatable bonds is 6. The molecule has 2 aromatic heterocycles. The van der Waals surface area contributed by atoms with Crippen molar-refractivity contribution in [3.05, 3.63) is 46.0 Å². The fraction of sp³-hybridized carbons (Fsp3) is 0.500. The predicted octanol–water partition coefficient (Wildman–Crippen LogP) is 2.43. The minimum atomic E-state index is 0.149. The molecular weight excluding hydrogens is 322 g/mol. The van der Waals surface area contributed by atoms with Gasteiger partial charge in [0.15, 0.2) is 0 Å². The van der Waals surface area contributed by atoms with Gasteiger partial charge >= 0.3 is 0 Å². The van der Waals surface area contributed by atoms with Gasteiger partial charge in [0.2, 0.25) is 5.91 Å². The molecule has 0 aromatic carbocycles. The average Bonchev–Trinajstić information content (AvgIpc) is 3.21. The highest BCUT2D eigenvalue weighted by atomic mass is 32.1. The molecule has 3 rings (SSSR count). The molecule has 5 nitrogen and oxygen atoms in total. The summed E-state index contributed by atoms with van der Waals surface area (Å²) in [5.74, 6) is 1.87. The van der Waals surface area contributed by atoms with Crippen LogP contribution in [0.5, 0.6) is 0 Å². The molecule has 1 saturated heterocycles. The van der Waals surface area contributed by atoms with Crippen molar-refractivity contribution in [1.29, 1.82) is 0 Å². The molecule has 0 unspecified atom stereocenters. The fourth-order valence-corrected chi connectivity index (χ4v) is 3.68. The Morgan fingerprint density at radius 3 is 2.58 bits per heavy atom. The summed E-state index contributed by atoms with van der Waals surface area (Å²) in [5.41, 5.74) is 0. The van der Waals surface area contributed by atoms with Crippen LogP contribution in [0, 0.1) is 6.92 Å². The van der Waals surface area contributed by atoms with E-state index in [9.17, 15) is 4.79 Å². The van der Waals surface area contributed by atoms with Crippen LogP contribution in [0.4, 0.5) is 0 Å². The summed E-state index contributed by atoms with van der Waals surface area (Å²) in [6, 6.07) is 8.15. The number of hydrogen-bond acceptors (Lipinski definition) is 5. The zero-order chi connectivity index (χ0) is 16.9. The topological polar surface area (TPSA) is 39.9 Å². The maximum absolute atomic E-state index is 12.4. The van der Waals surface area contributed by atoms with Crippen molar-refractivity contribution >= 4 is 17.2 Å². The van der Waals surface area contributed by atoms with Crippen molar-refractivity contribution in [2.75, 3.05) is 39.8 Å². The molecule has 2 aromatic rings. The Labute approximate surface area is 147 Å². The van der Waals surface area contributed by atoms with E-state index in [1.807, 2.05) is 37.4 Å². The molecule has 1 aliphatic rings. The highest BCUT2D eigenvalue weighted by Gasteiger charge is 2.21. The molecule has 0 radical (unpaired) electrons. The van der Waals surface area contributed by atoms with Gasteiger partial charge in [-0.15, -0.1) is 11.3 Å². The average molecular weight is 347 g/mol. The molecule has 3 heterocycles. The Morgan fingerprint density at radius 2 is 1.96 bits per heavy atom. The third-order valence-electron chi connectivity index (χ3n) is 4.40. The molecule has 0 atom stereocenters. The molecule has 1 fully saturated rings. The number of amides is 1. The van der Waals surface area contributed by atoms with Crippen LogP contribution in [-0.4, -0.2) is 60.4 Å². The van der Waals surface area contributed by atoms with Crippen molar-refractivity contribution in [3.63, 3.8) is 0 Å². The second-order valence-electron chi connectivity index (χ2n) is 6.39. The number of nitrogens with zero attached hydrogens (tertiary/aromatic N) is 3. The van der Waals surface area contributed by atoms with E-state index in [2.05, 4.69) is 27.3 Å². The molecular formula is C18H25N3O2S. The van der Waals surface area contributed by atoms with E-state index in [0.29, 0.717) is 13.1 Å². The summed E-state index contributed by atoms with van der Waals surface area (Å²) < 4.78 is 5.55. The lowest BCUT2D eigenvalue weighted by atomic mass is 10.3. The number of furan rings is 1. The first kappa shape index (κ1) is 17.2. The largest absolute Gasteiger partial charge is 0.464 e. The molecule has 130 valence electrons. The van der Waals surface area contributed by atoms with Gasteiger partial charge in [-0.05, 0) is 30.5 Å². The quantitative estimate of drug-likeness (QED) is 0.805. The van der Waals surface area contributed by atoms with Gasteiger partial charge < -0.3 is 9.32 Å². The molecule has 1 amide bonds. The van der Waals surface area contributed by atoms with Crippen molar-refractivity contribution in [1.82, 2.24) is 14.7 Å². The Hall–Kier alpha value is -1.63. The SMILES string of the molecule is Cc1ccc(CN(C)C(=O)CN2CCN(Cc3cccs3)CC2)o1. The van der Waals surface area contributed by atoms with Gasteiger partial charge in [0, 0.05) is 44.6 Å². The maximum Gasteiger partial charge on any atom is 0.236 e. The molecule has 24 heavy (non-hydrogen) atoms. The number of thiophene rings is 1. The van der Waals surface area contributed by atoms with Crippen LogP contribution < -0.4 is 0 Å². The zero-order valence-electron chi connectivity index (χ0n) is 14.4. The normalized spacial score (nSPS) is 16.4. The van der Waals surface area contributed by atoms with Crippen LogP contribution in [0.2, 0.25) is 0 Å². The van der Waals surface area contributed by atoms with Gasteiger partial charge in [0.05, 0.1) is 13.1 Å². The Kier molecular flexibility index (Phi) is 5.71. The Bertz CT molecular complexity index is 645. The minimum Gasteiger partial charge on any atom is -0.464 e. The van der Waals surface area contributed by atoms with Gasteiger partial charge in [-0.2, -0.15) is 0 Å². The highest BCUT2D eigenvalue weighted by Crippen LogP contribution is 2.14. The second kappa shape index (κ2) is 7.96. The van der Waals surface area contributed by atoms with E-state index in [-0.39, 0.29) is 5.91 Å². The molecule has 0 aliphatic carbocycles. The van der Waals surface area contributed by atoms with E-state index in [1.54, 1.807) is 4.90 Å². The van der Waals surface area contributed by atoms with E-state index in [4.69, 9.17) is 4.42 Å². The predicted molar refractivity (Wildman–Crippen MR) is 96.0 cm³/mol. The fourth-order valence-electron chi connectivity index (χ4n) is 2.93. The first-order chi connectivity index (χ1) is 11.6. The van der Waals surface area contributed by atoms with Crippen LogP contribution in [-0.2, 0) is 17.9 Å². The van der Waals surface area contributed by atoms with E-state index in [0.717, 1.165) is 44.2 Å². The summed E-state index contributed by atoms with van der Waals surface area (Å²) in [6.45, 7) is 7.90. The number of carbonyl (C=O) groups excluding carboxylic acids is 1. The van der Waals surface area contributed by atoms with Gasteiger partial charge in [0.1, 0.15) is 11.5 Å². The molecule has 0 N–H and O–H groups in total. The van der Waals surface area contributed by atoms with Crippen molar-refractivity contribution in [2.24, 2.45) is 0 Å². The highest BCUT2D eigenvalue weighted by molar-refractivity contribution is 7.09. The molecule has 0 spiro atoms. The van der Waals surface area contributed by atoms with Crippen molar-refractivity contribution < 1.29 is 9.21 Å².